The van der Waals surface area contributed by atoms with Crippen LogP contribution in [0.25, 0.3) is 0 Å². The lowest BCUT2D eigenvalue weighted by Crippen LogP contribution is -2.15. The lowest BCUT2D eigenvalue weighted by molar-refractivity contribution is 0.302. The zero-order valence-electron chi connectivity index (χ0n) is 10.4. The summed E-state index contributed by atoms with van der Waals surface area (Å²) < 4.78 is 0.592. The molecule has 0 unspecified atom stereocenters. The van der Waals surface area contributed by atoms with E-state index in [1.54, 1.807) is 0 Å². The van der Waals surface area contributed by atoms with Gasteiger partial charge in [0.15, 0.2) is 0 Å². The quantitative estimate of drug-likeness (QED) is 0.660. The second-order valence-electron chi connectivity index (χ2n) is 4.98. The fourth-order valence-corrected chi connectivity index (χ4v) is 3.29. The van der Waals surface area contributed by atoms with Crippen LogP contribution < -0.4 is 0 Å². The maximum atomic E-state index is 6.03. The molecule has 18 heavy (non-hydrogen) atoms. The van der Waals surface area contributed by atoms with Crippen LogP contribution in [-0.4, -0.2) is 9.97 Å². The second-order valence-corrected chi connectivity index (χ2v) is 6.49. The number of nitrogens with zero attached hydrogens (tertiary/aromatic N) is 2. The fourth-order valence-electron chi connectivity index (χ4n) is 2.71. The molecule has 2 nitrogen and oxygen atoms in total. The Balaban J connectivity index is 2.05. The van der Waals surface area contributed by atoms with Crippen LogP contribution in [-0.2, 0) is 0 Å². The summed E-state index contributed by atoms with van der Waals surface area (Å²) in [6.07, 6.45) is 7.47. The first-order chi connectivity index (χ1) is 8.61. The van der Waals surface area contributed by atoms with Crippen LogP contribution in [0.5, 0.6) is 0 Å². The molecule has 5 heteroatoms. The van der Waals surface area contributed by atoms with Crippen molar-refractivity contribution in [2.24, 2.45) is 5.92 Å². The van der Waals surface area contributed by atoms with Gasteiger partial charge < -0.3 is 0 Å². The van der Waals surface area contributed by atoms with E-state index in [1.165, 1.54) is 25.7 Å². The number of hydrogen-bond acceptors (Lipinski definition) is 2. The summed E-state index contributed by atoms with van der Waals surface area (Å²) in [5.41, 5.74) is 0. The zero-order valence-corrected chi connectivity index (χ0v) is 13.5. The lowest BCUT2D eigenvalue weighted by atomic mass is 9.80. The van der Waals surface area contributed by atoms with Gasteiger partial charge in [-0.1, -0.05) is 43.0 Å². The van der Waals surface area contributed by atoms with Gasteiger partial charge in [0.25, 0.3) is 0 Å². The molecular formula is C13H17BrCl2N2. The molecule has 0 aromatic carbocycles. The van der Waals surface area contributed by atoms with Crippen LogP contribution in [0.4, 0.5) is 0 Å². The first kappa shape index (κ1) is 14.5. The minimum atomic E-state index is 0.417. The Hall–Kier alpha value is 0.140. The molecule has 0 N–H and O–H groups in total. The number of aromatic nitrogens is 2. The molecule has 1 aromatic heterocycles. The third-order valence-electron chi connectivity index (χ3n) is 3.70. The van der Waals surface area contributed by atoms with E-state index in [9.17, 15) is 0 Å². The second kappa shape index (κ2) is 6.53. The molecule has 100 valence electrons. The molecule has 2 rings (SSSR count). The van der Waals surface area contributed by atoms with E-state index in [4.69, 9.17) is 23.2 Å². The van der Waals surface area contributed by atoms with Crippen molar-refractivity contribution in [3.8, 4) is 0 Å². The third kappa shape index (κ3) is 3.37. The molecule has 1 aromatic rings. The standard InChI is InChI=1S/C13H17BrCl2N2/c1-2-3-8-4-6-9(7-5-8)13-17-11(15)10(14)12(16)18-13/h8-9H,2-7H2,1H3. The molecule has 1 heterocycles. The summed E-state index contributed by atoms with van der Waals surface area (Å²) in [6, 6.07) is 0. The Morgan fingerprint density at radius 2 is 1.67 bits per heavy atom. The van der Waals surface area contributed by atoms with Crippen molar-refractivity contribution in [2.75, 3.05) is 0 Å². The molecule has 1 aliphatic carbocycles. The van der Waals surface area contributed by atoms with Crippen LogP contribution in [0.1, 0.15) is 57.2 Å². The molecule has 0 spiro atoms. The molecule has 0 amide bonds. The lowest BCUT2D eigenvalue weighted by Gasteiger charge is -2.27. The average molecular weight is 352 g/mol. The molecule has 1 saturated carbocycles. The fraction of sp³-hybridized carbons (Fsp3) is 0.692. The predicted molar refractivity (Wildman–Crippen MR) is 79.4 cm³/mol. The van der Waals surface area contributed by atoms with E-state index in [2.05, 4.69) is 32.8 Å². The van der Waals surface area contributed by atoms with Gasteiger partial charge in [0, 0.05) is 5.92 Å². The highest BCUT2D eigenvalue weighted by Crippen LogP contribution is 2.38. The molecular weight excluding hydrogens is 335 g/mol. The SMILES string of the molecule is CCCC1CCC(c2nc(Cl)c(Br)c(Cl)n2)CC1. The van der Waals surface area contributed by atoms with E-state index in [0.717, 1.165) is 24.6 Å². The van der Waals surface area contributed by atoms with Crippen molar-refractivity contribution in [1.82, 2.24) is 9.97 Å². The van der Waals surface area contributed by atoms with Crippen molar-refractivity contribution >= 4 is 39.1 Å². The number of halogens is 3. The maximum absolute atomic E-state index is 6.03. The minimum Gasteiger partial charge on any atom is -0.220 e. The number of hydrogen-bond donors (Lipinski definition) is 0. The van der Waals surface area contributed by atoms with Crippen LogP contribution >= 0.6 is 39.1 Å². The van der Waals surface area contributed by atoms with Crippen molar-refractivity contribution in [3.63, 3.8) is 0 Å². The minimum absolute atomic E-state index is 0.417. The summed E-state index contributed by atoms with van der Waals surface area (Å²) in [4.78, 5) is 8.70. The van der Waals surface area contributed by atoms with E-state index in [0.29, 0.717) is 20.7 Å². The zero-order chi connectivity index (χ0) is 13.1. The first-order valence-electron chi connectivity index (χ1n) is 6.50. The normalized spacial score (nSPS) is 24.2. The van der Waals surface area contributed by atoms with Crippen molar-refractivity contribution in [3.05, 3.63) is 20.6 Å². The van der Waals surface area contributed by atoms with Gasteiger partial charge in [-0.2, -0.15) is 0 Å². The van der Waals surface area contributed by atoms with Crippen molar-refractivity contribution < 1.29 is 0 Å². The molecule has 0 bridgehead atoms. The average Bonchev–Trinajstić information content (AvgIpc) is 2.37. The summed E-state index contributed by atoms with van der Waals surface area (Å²) in [7, 11) is 0. The monoisotopic (exact) mass is 350 g/mol. The van der Waals surface area contributed by atoms with E-state index in [1.807, 2.05) is 0 Å². The third-order valence-corrected chi connectivity index (χ3v) is 5.45. The molecule has 0 radical (unpaired) electrons. The van der Waals surface area contributed by atoms with Crippen LogP contribution in [0.3, 0.4) is 0 Å². The maximum Gasteiger partial charge on any atom is 0.148 e. The summed E-state index contributed by atoms with van der Waals surface area (Å²) >= 11 is 15.3. The van der Waals surface area contributed by atoms with Gasteiger partial charge >= 0.3 is 0 Å². The smallest absolute Gasteiger partial charge is 0.148 e. The largest absolute Gasteiger partial charge is 0.220 e. The van der Waals surface area contributed by atoms with Crippen molar-refractivity contribution in [2.45, 2.75) is 51.4 Å². The van der Waals surface area contributed by atoms with Gasteiger partial charge in [-0.3, -0.25) is 0 Å². The molecule has 0 saturated heterocycles. The highest BCUT2D eigenvalue weighted by atomic mass is 79.9. The summed E-state index contributed by atoms with van der Waals surface area (Å²) in [6.45, 7) is 2.25. The van der Waals surface area contributed by atoms with Gasteiger partial charge in [0.2, 0.25) is 0 Å². The Morgan fingerprint density at radius 3 is 2.17 bits per heavy atom. The van der Waals surface area contributed by atoms with Gasteiger partial charge in [0.1, 0.15) is 16.1 Å². The van der Waals surface area contributed by atoms with Crippen LogP contribution in [0.2, 0.25) is 10.3 Å². The topological polar surface area (TPSA) is 25.8 Å². The van der Waals surface area contributed by atoms with E-state index >= 15 is 0 Å². The molecule has 0 aliphatic heterocycles. The Labute approximate surface area is 127 Å². The van der Waals surface area contributed by atoms with Crippen LogP contribution in [0.15, 0.2) is 4.47 Å². The van der Waals surface area contributed by atoms with Crippen LogP contribution in [0, 0.1) is 5.92 Å². The molecule has 0 atom stereocenters. The Morgan fingerprint density at radius 1 is 1.11 bits per heavy atom. The number of rotatable bonds is 3. The first-order valence-corrected chi connectivity index (χ1v) is 8.05. The van der Waals surface area contributed by atoms with Gasteiger partial charge in [-0.05, 0) is 47.5 Å². The molecule has 1 aliphatic rings. The Kier molecular flexibility index (Phi) is 5.28. The van der Waals surface area contributed by atoms with Crippen molar-refractivity contribution in [1.29, 1.82) is 0 Å². The highest BCUT2D eigenvalue weighted by Gasteiger charge is 2.25. The summed E-state index contributed by atoms with van der Waals surface area (Å²) in [5, 5.41) is 0.835. The Bertz CT molecular complexity index is 394. The van der Waals surface area contributed by atoms with Gasteiger partial charge in [-0.15, -0.1) is 0 Å². The highest BCUT2D eigenvalue weighted by molar-refractivity contribution is 9.10. The van der Waals surface area contributed by atoms with Gasteiger partial charge in [-0.25, -0.2) is 9.97 Å². The molecule has 1 fully saturated rings. The van der Waals surface area contributed by atoms with E-state index in [-0.39, 0.29) is 0 Å². The summed E-state index contributed by atoms with van der Waals surface area (Å²) in [5.74, 6) is 2.11. The van der Waals surface area contributed by atoms with Gasteiger partial charge in [0.05, 0.1) is 4.47 Å². The predicted octanol–water partition coefficient (Wildman–Crippen LogP) is 5.62. The van der Waals surface area contributed by atoms with E-state index < -0.39 is 0 Å².